The first-order chi connectivity index (χ1) is 13.6. The van der Waals surface area contributed by atoms with Gasteiger partial charge in [-0.15, -0.1) is 11.3 Å². The van der Waals surface area contributed by atoms with Gasteiger partial charge in [0.15, 0.2) is 10.9 Å². The molecule has 3 heterocycles. The van der Waals surface area contributed by atoms with Crippen molar-refractivity contribution < 1.29 is 9.21 Å². The molecule has 0 saturated heterocycles. The number of carbonyl (C=O) groups is 1. The summed E-state index contributed by atoms with van der Waals surface area (Å²) in [5.41, 5.74) is 1.78. The van der Waals surface area contributed by atoms with Crippen molar-refractivity contribution in [2.24, 2.45) is 0 Å². The number of hydrogen-bond acceptors (Lipinski definition) is 6. The minimum Gasteiger partial charge on any atom is -0.463 e. The Morgan fingerprint density at radius 1 is 1.11 bits per heavy atom. The lowest BCUT2D eigenvalue weighted by Gasteiger charge is -2.14. The molecule has 4 aromatic rings. The third kappa shape index (κ3) is 3.63. The van der Waals surface area contributed by atoms with Gasteiger partial charge in [-0.05, 0) is 25.1 Å². The minimum absolute atomic E-state index is 0.349. The average molecular weight is 392 g/mol. The van der Waals surface area contributed by atoms with Crippen LogP contribution >= 0.6 is 11.3 Å². The van der Waals surface area contributed by atoms with Crippen molar-refractivity contribution in [1.29, 1.82) is 0 Å². The molecule has 0 aliphatic rings. The molecule has 28 heavy (non-hydrogen) atoms. The highest BCUT2D eigenvalue weighted by Crippen LogP contribution is 2.25. The van der Waals surface area contributed by atoms with Crippen LogP contribution in [0.2, 0.25) is 0 Å². The first kappa shape index (κ1) is 17.9. The van der Waals surface area contributed by atoms with Crippen LogP contribution in [-0.4, -0.2) is 20.7 Å². The van der Waals surface area contributed by atoms with E-state index in [0.29, 0.717) is 22.3 Å². The number of nitrogens with zero attached hydrogens (tertiary/aromatic N) is 3. The summed E-state index contributed by atoms with van der Waals surface area (Å²) >= 11 is 1.28. The van der Waals surface area contributed by atoms with Gasteiger partial charge >= 0.3 is 0 Å². The molecule has 1 unspecified atom stereocenters. The first-order valence-corrected chi connectivity index (χ1v) is 9.45. The van der Waals surface area contributed by atoms with E-state index >= 15 is 0 Å². The van der Waals surface area contributed by atoms with Crippen molar-refractivity contribution in [2.75, 3.05) is 5.32 Å². The lowest BCUT2D eigenvalue weighted by molar-refractivity contribution is -0.119. The fourth-order valence-corrected chi connectivity index (χ4v) is 3.36. The van der Waals surface area contributed by atoms with Gasteiger partial charge in [-0.25, -0.2) is 9.67 Å². The molecule has 8 heteroatoms. The highest BCUT2D eigenvalue weighted by atomic mass is 32.1. The summed E-state index contributed by atoms with van der Waals surface area (Å²) in [6.45, 7) is 1.62. The molecular formula is C20H16N4O3S. The van der Waals surface area contributed by atoms with E-state index in [1.165, 1.54) is 22.1 Å². The monoisotopic (exact) mass is 392 g/mol. The summed E-state index contributed by atoms with van der Waals surface area (Å²) in [5, 5.41) is 9.32. The van der Waals surface area contributed by atoms with Crippen molar-refractivity contribution in [3.8, 4) is 22.7 Å². The second kappa shape index (κ2) is 7.61. The topological polar surface area (TPSA) is 90.0 Å². The van der Waals surface area contributed by atoms with Crippen molar-refractivity contribution in [1.82, 2.24) is 14.8 Å². The molecule has 0 aliphatic heterocycles. The highest BCUT2D eigenvalue weighted by molar-refractivity contribution is 7.14. The predicted molar refractivity (Wildman–Crippen MR) is 107 cm³/mol. The molecule has 1 N–H and O–H groups in total. The summed E-state index contributed by atoms with van der Waals surface area (Å²) in [6, 6.07) is 15.3. The molecule has 0 spiro atoms. The van der Waals surface area contributed by atoms with E-state index in [4.69, 9.17) is 4.42 Å². The zero-order chi connectivity index (χ0) is 19.5. The van der Waals surface area contributed by atoms with Crippen molar-refractivity contribution >= 4 is 22.4 Å². The van der Waals surface area contributed by atoms with E-state index < -0.39 is 6.04 Å². The Kier molecular flexibility index (Phi) is 4.86. The van der Waals surface area contributed by atoms with Gasteiger partial charge in [0.2, 0.25) is 0 Å². The van der Waals surface area contributed by atoms with E-state index in [-0.39, 0.29) is 11.5 Å². The number of furan rings is 1. The van der Waals surface area contributed by atoms with Gasteiger partial charge in [0, 0.05) is 17.0 Å². The molecule has 1 amide bonds. The highest BCUT2D eigenvalue weighted by Gasteiger charge is 2.20. The average Bonchev–Trinajstić information content (AvgIpc) is 3.40. The molecule has 7 nitrogen and oxygen atoms in total. The molecular weight excluding hydrogens is 376 g/mol. The van der Waals surface area contributed by atoms with Crippen LogP contribution in [0.1, 0.15) is 13.0 Å². The molecule has 0 fully saturated rings. The fraction of sp³-hybridized carbons (Fsp3) is 0.100. The van der Waals surface area contributed by atoms with Crippen LogP contribution in [0.5, 0.6) is 0 Å². The van der Waals surface area contributed by atoms with E-state index in [0.717, 1.165) is 5.56 Å². The lowest BCUT2D eigenvalue weighted by atomic mass is 10.1. The number of carbonyl (C=O) groups excluding carboxylic acids is 1. The molecule has 0 radical (unpaired) electrons. The van der Waals surface area contributed by atoms with Gasteiger partial charge < -0.3 is 9.73 Å². The number of hydrogen-bond donors (Lipinski definition) is 1. The molecule has 140 valence electrons. The van der Waals surface area contributed by atoms with Crippen molar-refractivity contribution in [3.05, 3.63) is 76.6 Å². The van der Waals surface area contributed by atoms with E-state index in [2.05, 4.69) is 15.4 Å². The third-order valence-electron chi connectivity index (χ3n) is 4.15. The van der Waals surface area contributed by atoms with E-state index in [9.17, 15) is 9.59 Å². The molecule has 0 aliphatic carbocycles. The van der Waals surface area contributed by atoms with Gasteiger partial charge in [-0.2, -0.15) is 5.10 Å². The van der Waals surface area contributed by atoms with Gasteiger partial charge in [0.25, 0.3) is 11.5 Å². The van der Waals surface area contributed by atoms with Gasteiger partial charge in [0.05, 0.1) is 12.0 Å². The normalized spacial score (nSPS) is 11.9. The number of benzene rings is 1. The summed E-state index contributed by atoms with van der Waals surface area (Å²) in [4.78, 5) is 29.2. The maximum absolute atomic E-state index is 12.6. The zero-order valence-electron chi connectivity index (χ0n) is 14.9. The number of nitrogens with one attached hydrogen (secondary N) is 1. The summed E-state index contributed by atoms with van der Waals surface area (Å²) < 4.78 is 6.48. The Bertz CT molecular complexity index is 1150. The first-order valence-electron chi connectivity index (χ1n) is 8.57. The summed E-state index contributed by atoms with van der Waals surface area (Å²) in [5.74, 6) is 0.249. The summed E-state index contributed by atoms with van der Waals surface area (Å²) in [6.07, 6.45) is 1.56. The smallest absolute Gasteiger partial charge is 0.267 e. The van der Waals surface area contributed by atoms with Crippen molar-refractivity contribution in [2.45, 2.75) is 13.0 Å². The second-order valence-corrected chi connectivity index (χ2v) is 6.91. The Hall–Kier alpha value is -3.52. The molecule has 0 bridgehead atoms. The maximum atomic E-state index is 12.6. The zero-order valence-corrected chi connectivity index (χ0v) is 15.7. The largest absolute Gasteiger partial charge is 0.463 e. The summed E-state index contributed by atoms with van der Waals surface area (Å²) in [7, 11) is 0. The van der Waals surface area contributed by atoms with Crippen LogP contribution in [0.25, 0.3) is 22.7 Å². The lowest BCUT2D eigenvalue weighted by Crippen LogP contribution is -2.33. The number of anilines is 1. The SMILES string of the molecule is CC(C(=O)Nc1nc(-c2ccco2)cs1)n1nc(-c2ccccc2)ccc1=O. The van der Waals surface area contributed by atoms with Crippen LogP contribution < -0.4 is 10.9 Å². The van der Waals surface area contributed by atoms with Crippen LogP contribution in [0.15, 0.2) is 75.5 Å². The number of rotatable bonds is 5. The Morgan fingerprint density at radius 2 is 1.93 bits per heavy atom. The minimum atomic E-state index is -0.799. The maximum Gasteiger partial charge on any atom is 0.267 e. The van der Waals surface area contributed by atoms with Crippen LogP contribution in [0.4, 0.5) is 5.13 Å². The number of amides is 1. The molecule has 0 saturated carbocycles. The molecule has 1 atom stereocenters. The van der Waals surface area contributed by atoms with E-state index in [1.807, 2.05) is 30.3 Å². The quantitative estimate of drug-likeness (QED) is 0.557. The van der Waals surface area contributed by atoms with Crippen LogP contribution in [0, 0.1) is 0 Å². The molecule has 1 aromatic carbocycles. The number of aromatic nitrogens is 3. The van der Waals surface area contributed by atoms with Gasteiger partial charge in [-0.3, -0.25) is 9.59 Å². The van der Waals surface area contributed by atoms with Crippen molar-refractivity contribution in [3.63, 3.8) is 0 Å². The van der Waals surface area contributed by atoms with Crippen LogP contribution in [-0.2, 0) is 4.79 Å². The van der Waals surface area contributed by atoms with E-state index in [1.54, 1.807) is 36.8 Å². The fourth-order valence-electron chi connectivity index (χ4n) is 2.66. The molecule has 4 rings (SSSR count). The standard InChI is InChI=1S/C20H16N4O3S/c1-13(19(26)22-20-21-16(12-28-20)17-8-5-11-27-17)24-18(25)10-9-15(23-24)14-6-3-2-4-7-14/h2-13H,1H3,(H,21,22,26). The Balaban J connectivity index is 1.55. The Morgan fingerprint density at radius 3 is 2.68 bits per heavy atom. The van der Waals surface area contributed by atoms with Gasteiger partial charge in [0.1, 0.15) is 11.7 Å². The number of thiazole rings is 1. The Labute approximate surface area is 164 Å². The predicted octanol–water partition coefficient (Wildman–Crippen LogP) is 3.83. The van der Waals surface area contributed by atoms with Gasteiger partial charge in [-0.1, -0.05) is 30.3 Å². The second-order valence-electron chi connectivity index (χ2n) is 6.05. The molecule has 3 aromatic heterocycles. The van der Waals surface area contributed by atoms with Crippen LogP contribution in [0.3, 0.4) is 0 Å². The third-order valence-corrected chi connectivity index (χ3v) is 4.91.